The molecule has 23 heavy (non-hydrogen) atoms. The summed E-state index contributed by atoms with van der Waals surface area (Å²) >= 11 is 0. The van der Waals surface area contributed by atoms with E-state index in [4.69, 9.17) is 7.16 Å². The van der Waals surface area contributed by atoms with Gasteiger partial charge in [-0.05, 0) is 43.1 Å². The van der Waals surface area contributed by atoms with Crippen LogP contribution in [-0.4, -0.2) is 4.98 Å². The number of pyridine rings is 2. The minimum Gasteiger partial charge on any atom is -0.454 e. The molecule has 0 bridgehead atoms. The Kier molecular flexibility index (Phi) is 2.67. The van der Waals surface area contributed by atoms with Crippen molar-refractivity contribution in [3.63, 3.8) is 0 Å². The monoisotopic (exact) mass is 305 g/mol. The Morgan fingerprint density at radius 1 is 1.17 bits per heavy atom. The van der Waals surface area contributed by atoms with E-state index in [1.807, 2.05) is 36.0 Å². The molecule has 3 aromatic heterocycles. The Morgan fingerprint density at radius 3 is 2.83 bits per heavy atom. The highest BCUT2D eigenvalue weighted by molar-refractivity contribution is 6.05. The van der Waals surface area contributed by atoms with Crippen LogP contribution >= 0.6 is 0 Å². The van der Waals surface area contributed by atoms with Crippen LogP contribution in [0.3, 0.4) is 0 Å². The van der Waals surface area contributed by atoms with Gasteiger partial charge < -0.3 is 4.42 Å². The quantitative estimate of drug-likeness (QED) is 0.516. The third-order valence-corrected chi connectivity index (χ3v) is 4.32. The summed E-state index contributed by atoms with van der Waals surface area (Å²) in [6, 6.07) is 9.98. The molecule has 0 N–H and O–H groups in total. The van der Waals surface area contributed by atoms with E-state index in [9.17, 15) is 0 Å². The van der Waals surface area contributed by atoms with E-state index in [0.29, 0.717) is 5.56 Å². The zero-order chi connectivity index (χ0) is 17.8. The van der Waals surface area contributed by atoms with E-state index in [1.165, 1.54) is 0 Å². The summed E-state index contributed by atoms with van der Waals surface area (Å²) in [5, 5.41) is 2.15. The Labute approximate surface area is 138 Å². The van der Waals surface area contributed by atoms with E-state index in [1.54, 1.807) is 19.3 Å². The maximum atomic E-state index is 7.89. The summed E-state index contributed by atoms with van der Waals surface area (Å²) in [5.74, 6) is 0. The molecule has 0 atom stereocenters. The summed E-state index contributed by atoms with van der Waals surface area (Å²) < 4.78 is 23.7. The van der Waals surface area contributed by atoms with Crippen molar-refractivity contribution < 1.29 is 11.7 Å². The van der Waals surface area contributed by atoms with Crippen LogP contribution in [0.5, 0.6) is 0 Å². The highest BCUT2D eigenvalue weighted by Crippen LogP contribution is 2.33. The second-order valence-electron chi connectivity index (χ2n) is 5.80. The minimum absolute atomic E-state index is 0.660. The number of aromatic nitrogens is 2. The first-order chi connectivity index (χ1) is 11.8. The molecule has 4 aromatic rings. The van der Waals surface area contributed by atoms with E-state index in [0.717, 1.165) is 38.8 Å². The van der Waals surface area contributed by atoms with Gasteiger partial charge in [0.1, 0.15) is 12.6 Å². The van der Waals surface area contributed by atoms with Crippen molar-refractivity contribution in [2.24, 2.45) is 7.05 Å². The number of furan rings is 1. The Hall–Kier alpha value is -2.68. The van der Waals surface area contributed by atoms with Gasteiger partial charge in [0.05, 0.1) is 11.8 Å². The average molecular weight is 305 g/mol. The Balaban J connectivity index is 1.92. The number of nitrogens with zero attached hydrogens (tertiary/aromatic N) is 2. The maximum absolute atomic E-state index is 7.89. The molecule has 3 nitrogen and oxygen atoms in total. The van der Waals surface area contributed by atoms with Gasteiger partial charge in [0.15, 0.2) is 11.8 Å². The predicted octanol–water partition coefficient (Wildman–Crippen LogP) is 4.34. The van der Waals surface area contributed by atoms with E-state index < -0.39 is 6.37 Å². The molecular weight excluding hydrogens is 284 g/mol. The molecule has 0 spiro atoms. The summed E-state index contributed by atoms with van der Waals surface area (Å²) in [6.07, 6.45) is 4.00. The number of fused-ring (bicyclic) bond motifs is 3. The smallest absolute Gasteiger partial charge is 0.212 e. The van der Waals surface area contributed by atoms with Gasteiger partial charge in [-0.25, -0.2) is 4.57 Å². The second-order valence-corrected chi connectivity index (χ2v) is 5.80. The zero-order valence-electron chi connectivity index (χ0n) is 15.4. The normalized spacial score (nSPS) is 13.3. The van der Waals surface area contributed by atoms with Gasteiger partial charge in [0.2, 0.25) is 5.69 Å². The standard InChI is InChI=1S/C20H19N2O/c1-4-14-5-6-18(22(3)12-14)16-10-19-17(9-13(16)2)15-7-8-21-11-20(15)23-19/h5-12H,4H2,1-3H3/q+1/i4D2. The molecule has 0 amide bonds. The molecule has 1 aromatic carbocycles. The number of rotatable bonds is 2. The lowest BCUT2D eigenvalue weighted by Gasteiger charge is -2.06. The van der Waals surface area contributed by atoms with Crippen molar-refractivity contribution in [1.29, 1.82) is 0 Å². The van der Waals surface area contributed by atoms with Gasteiger partial charge in [-0.1, -0.05) is 6.92 Å². The second kappa shape index (κ2) is 5.20. The molecule has 4 rings (SSSR count). The van der Waals surface area contributed by atoms with Gasteiger partial charge >= 0.3 is 0 Å². The van der Waals surface area contributed by atoms with Crippen LogP contribution < -0.4 is 4.57 Å². The lowest BCUT2D eigenvalue weighted by molar-refractivity contribution is -0.660. The van der Waals surface area contributed by atoms with Crippen molar-refractivity contribution in [2.45, 2.75) is 20.2 Å². The predicted molar refractivity (Wildman–Crippen MR) is 92.2 cm³/mol. The van der Waals surface area contributed by atoms with Crippen molar-refractivity contribution in [3.8, 4) is 11.3 Å². The molecule has 0 saturated carbocycles. The lowest BCUT2D eigenvalue weighted by atomic mass is 10.0. The van der Waals surface area contributed by atoms with E-state index >= 15 is 0 Å². The molecule has 0 unspecified atom stereocenters. The molecule has 0 radical (unpaired) electrons. The van der Waals surface area contributed by atoms with Crippen molar-refractivity contribution in [2.75, 3.05) is 0 Å². The fraction of sp³-hybridized carbons (Fsp3) is 0.200. The summed E-state index contributed by atoms with van der Waals surface area (Å²) in [4.78, 5) is 4.12. The van der Waals surface area contributed by atoms with Crippen LogP contribution in [0.2, 0.25) is 0 Å². The SMILES string of the molecule is [2H]C([2H])(C)c1ccc(-c2cc3oc4cnccc4c3cc2C)[n+](C)c1. The van der Waals surface area contributed by atoms with Crippen LogP contribution in [0, 0.1) is 6.92 Å². The molecule has 3 heteroatoms. The van der Waals surface area contributed by atoms with Gasteiger partial charge in [-0.2, -0.15) is 0 Å². The van der Waals surface area contributed by atoms with Gasteiger partial charge in [0.25, 0.3) is 0 Å². The van der Waals surface area contributed by atoms with Gasteiger partial charge in [-0.15, -0.1) is 0 Å². The first-order valence-corrected chi connectivity index (χ1v) is 7.62. The zero-order valence-corrected chi connectivity index (χ0v) is 13.4. The Bertz CT molecular complexity index is 1110. The van der Waals surface area contributed by atoms with Crippen LogP contribution in [0.25, 0.3) is 33.2 Å². The number of hydrogen-bond acceptors (Lipinski definition) is 2. The molecule has 0 aliphatic heterocycles. The third-order valence-electron chi connectivity index (χ3n) is 4.32. The van der Waals surface area contributed by atoms with Crippen molar-refractivity contribution in [1.82, 2.24) is 4.98 Å². The summed E-state index contributed by atoms with van der Waals surface area (Å²) in [6.45, 7) is 3.66. The number of aryl methyl sites for hydroxylation is 3. The fourth-order valence-electron chi connectivity index (χ4n) is 3.10. The maximum Gasteiger partial charge on any atom is 0.212 e. The summed E-state index contributed by atoms with van der Waals surface area (Å²) in [5.41, 5.74) is 5.52. The first kappa shape index (κ1) is 11.8. The van der Waals surface area contributed by atoms with Crippen LogP contribution in [0.4, 0.5) is 0 Å². The third kappa shape index (κ3) is 2.20. The van der Waals surface area contributed by atoms with Crippen molar-refractivity contribution >= 4 is 21.9 Å². The highest BCUT2D eigenvalue weighted by atomic mass is 16.3. The molecule has 114 valence electrons. The van der Waals surface area contributed by atoms with Gasteiger partial charge in [0, 0.05) is 31.3 Å². The van der Waals surface area contributed by atoms with Crippen LogP contribution in [-0.2, 0) is 13.4 Å². The van der Waals surface area contributed by atoms with E-state index in [-0.39, 0.29) is 0 Å². The molecule has 0 aliphatic carbocycles. The molecular formula is C20H19N2O+. The number of hydrogen-bond donors (Lipinski definition) is 0. The molecule has 0 aliphatic rings. The van der Waals surface area contributed by atoms with Crippen LogP contribution in [0.15, 0.2) is 53.3 Å². The minimum atomic E-state index is -1.36. The van der Waals surface area contributed by atoms with Crippen molar-refractivity contribution in [3.05, 3.63) is 60.0 Å². The largest absolute Gasteiger partial charge is 0.454 e. The lowest BCUT2D eigenvalue weighted by Crippen LogP contribution is -2.31. The average Bonchev–Trinajstić information content (AvgIpc) is 2.91. The van der Waals surface area contributed by atoms with E-state index in [2.05, 4.69) is 24.0 Å². The Morgan fingerprint density at radius 2 is 2.04 bits per heavy atom. The topological polar surface area (TPSA) is 29.9 Å². The van der Waals surface area contributed by atoms with Crippen LogP contribution in [0.1, 0.15) is 20.8 Å². The highest BCUT2D eigenvalue weighted by Gasteiger charge is 2.16. The summed E-state index contributed by atoms with van der Waals surface area (Å²) in [7, 11) is 1.94. The molecule has 3 heterocycles. The molecule has 0 saturated heterocycles. The molecule has 0 fully saturated rings. The first-order valence-electron chi connectivity index (χ1n) is 8.62. The fourth-order valence-corrected chi connectivity index (χ4v) is 3.10. The number of benzene rings is 1. The van der Waals surface area contributed by atoms with Gasteiger partial charge in [-0.3, -0.25) is 4.98 Å².